The zero-order chi connectivity index (χ0) is 11.4. The summed E-state index contributed by atoms with van der Waals surface area (Å²) in [6.07, 6.45) is 0. The maximum atomic E-state index is 5.48. The van der Waals surface area contributed by atoms with Gasteiger partial charge in [0.15, 0.2) is 0 Å². The van der Waals surface area contributed by atoms with Crippen LogP contribution in [-0.4, -0.2) is 7.11 Å². The second-order valence-corrected chi connectivity index (χ2v) is 3.20. The molecule has 84 valence electrons. The summed E-state index contributed by atoms with van der Waals surface area (Å²) in [7, 11) is 1.62. The summed E-state index contributed by atoms with van der Waals surface area (Å²) in [4.78, 5) is 0. The number of furan rings is 1. The summed E-state index contributed by atoms with van der Waals surface area (Å²) in [5, 5.41) is 0. The van der Waals surface area contributed by atoms with E-state index in [9.17, 15) is 0 Å². The number of hydrogen-bond donors (Lipinski definition) is 1. The van der Waals surface area contributed by atoms with Gasteiger partial charge in [-0.3, -0.25) is 0 Å². The van der Waals surface area contributed by atoms with E-state index >= 15 is 0 Å². The van der Waals surface area contributed by atoms with E-state index in [0.717, 1.165) is 5.75 Å². The van der Waals surface area contributed by atoms with E-state index in [2.05, 4.69) is 0 Å². The van der Waals surface area contributed by atoms with E-state index < -0.39 is 0 Å². The highest BCUT2D eigenvalue weighted by atomic mass is 16.6. The minimum absolute atomic E-state index is 0.367. The van der Waals surface area contributed by atoms with E-state index in [1.165, 1.54) is 0 Å². The molecule has 1 aromatic carbocycles. The number of benzene rings is 1. The van der Waals surface area contributed by atoms with Crippen molar-refractivity contribution in [1.82, 2.24) is 0 Å². The molecule has 0 amide bonds. The Bertz CT molecular complexity index is 448. The molecular formula is C12H13NO3. The van der Waals surface area contributed by atoms with Crippen molar-refractivity contribution in [2.24, 2.45) is 5.73 Å². The predicted octanol–water partition coefficient (Wildman–Crippen LogP) is 2.54. The van der Waals surface area contributed by atoms with E-state index in [1.54, 1.807) is 19.2 Å². The molecule has 1 aromatic heterocycles. The van der Waals surface area contributed by atoms with Crippen molar-refractivity contribution in [1.29, 1.82) is 0 Å². The van der Waals surface area contributed by atoms with Gasteiger partial charge in [-0.05, 0) is 30.3 Å². The second-order valence-electron chi connectivity index (χ2n) is 3.20. The van der Waals surface area contributed by atoms with E-state index in [-0.39, 0.29) is 0 Å². The summed E-state index contributed by atoms with van der Waals surface area (Å²) in [5.41, 5.74) is 5.43. The lowest BCUT2D eigenvalue weighted by atomic mass is 10.3. The molecule has 0 aliphatic rings. The van der Waals surface area contributed by atoms with Crippen molar-refractivity contribution in [3.63, 3.8) is 0 Å². The van der Waals surface area contributed by atoms with Crippen molar-refractivity contribution >= 4 is 0 Å². The molecule has 0 saturated carbocycles. The fraction of sp³-hybridized carbons (Fsp3) is 0.167. The van der Waals surface area contributed by atoms with Crippen LogP contribution in [0.5, 0.6) is 17.4 Å². The van der Waals surface area contributed by atoms with Crippen LogP contribution in [0.4, 0.5) is 0 Å². The molecule has 2 aromatic rings. The van der Waals surface area contributed by atoms with Crippen LogP contribution in [-0.2, 0) is 6.54 Å². The Balaban J connectivity index is 2.08. The molecule has 0 saturated heterocycles. The third-order valence-corrected chi connectivity index (χ3v) is 2.12. The Labute approximate surface area is 93.6 Å². The SMILES string of the molecule is COc1ccc(Oc2ccc(CN)o2)cc1. The second kappa shape index (κ2) is 4.72. The minimum atomic E-state index is 0.367. The van der Waals surface area contributed by atoms with Gasteiger partial charge in [-0.15, -0.1) is 0 Å². The number of nitrogens with two attached hydrogens (primary N) is 1. The summed E-state index contributed by atoms with van der Waals surface area (Å²) >= 11 is 0. The standard InChI is InChI=1S/C12H13NO3/c1-14-9-2-4-10(5-3-9)15-12-7-6-11(8-13)16-12/h2-7H,8,13H2,1H3. The Morgan fingerprint density at radius 1 is 1.06 bits per heavy atom. The summed E-state index contributed by atoms with van der Waals surface area (Å²) < 4.78 is 15.8. The van der Waals surface area contributed by atoms with Gasteiger partial charge in [-0.25, -0.2) is 0 Å². The highest BCUT2D eigenvalue weighted by Crippen LogP contribution is 2.25. The van der Waals surface area contributed by atoms with Gasteiger partial charge in [0, 0.05) is 6.07 Å². The molecule has 4 heteroatoms. The van der Waals surface area contributed by atoms with E-state index in [4.69, 9.17) is 19.6 Å². The third-order valence-electron chi connectivity index (χ3n) is 2.12. The lowest BCUT2D eigenvalue weighted by molar-refractivity contribution is 0.332. The van der Waals surface area contributed by atoms with E-state index in [0.29, 0.717) is 24.0 Å². The largest absolute Gasteiger partial charge is 0.497 e. The van der Waals surface area contributed by atoms with Crippen molar-refractivity contribution in [3.05, 3.63) is 42.2 Å². The average molecular weight is 219 g/mol. The van der Waals surface area contributed by atoms with Gasteiger partial charge in [0.05, 0.1) is 13.7 Å². The van der Waals surface area contributed by atoms with Crippen LogP contribution in [0.3, 0.4) is 0 Å². The Morgan fingerprint density at radius 3 is 2.31 bits per heavy atom. The molecule has 16 heavy (non-hydrogen) atoms. The predicted molar refractivity (Wildman–Crippen MR) is 59.7 cm³/mol. The zero-order valence-electron chi connectivity index (χ0n) is 8.97. The average Bonchev–Trinajstić information content (AvgIpc) is 2.78. The van der Waals surface area contributed by atoms with Crippen molar-refractivity contribution in [3.8, 4) is 17.4 Å². The summed E-state index contributed by atoms with van der Waals surface area (Å²) in [6.45, 7) is 0.367. The Morgan fingerprint density at radius 2 is 1.75 bits per heavy atom. The van der Waals surface area contributed by atoms with Gasteiger partial charge in [0.1, 0.15) is 17.3 Å². The van der Waals surface area contributed by atoms with Crippen LogP contribution >= 0.6 is 0 Å². The normalized spacial score (nSPS) is 10.1. The molecule has 4 nitrogen and oxygen atoms in total. The lowest BCUT2D eigenvalue weighted by Crippen LogP contribution is -1.92. The first-order valence-electron chi connectivity index (χ1n) is 4.92. The first-order chi connectivity index (χ1) is 7.81. The van der Waals surface area contributed by atoms with E-state index in [1.807, 2.05) is 24.3 Å². The molecule has 0 atom stereocenters. The molecule has 0 aliphatic heterocycles. The third kappa shape index (κ3) is 2.35. The highest BCUT2D eigenvalue weighted by Gasteiger charge is 2.03. The fourth-order valence-electron chi connectivity index (χ4n) is 1.28. The van der Waals surface area contributed by atoms with Gasteiger partial charge >= 0.3 is 0 Å². The van der Waals surface area contributed by atoms with Crippen LogP contribution in [0.25, 0.3) is 0 Å². The molecular weight excluding hydrogens is 206 g/mol. The smallest absolute Gasteiger partial charge is 0.290 e. The van der Waals surface area contributed by atoms with Crippen LogP contribution in [0.1, 0.15) is 5.76 Å². The van der Waals surface area contributed by atoms with Gasteiger partial charge < -0.3 is 19.6 Å². The molecule has 1 heterocycles. The number of methoxy groups -OCH3 is 1. The monoisotopic (exact) mass is 219 g/mol. The summed E-state index contributed by atoms with van der Waals surface area (Å²) in [6, 6.07) is 10.8. The van der Waals surface area contributed by atoms with Crippen LogP contribution in [0.2, 0.25) is 0 Å². The fourth-order valence-corrected chi connectivity index (χ4v) is 1.28. The maximum Gasteiger partial charge on any atom is 0.290 e. The molecule has 0 fully saturated rings. The van der Waals surface area contributed by atoms with Gasteiger partial charge in [-0.1, -0.05) is 0 Å². The first kappa shape index (κ1) is 10.6. The van der Waals surface area contributed by atoms with Crippen molar-refractivity contribution in [2.75, 3.05) is 7.11 Å². The Kier molecular flexibility index (Phi) is 3.12. The Hall–Kier alpha value is -1.94. The minimum Gasteiger partial charge on any atom is -0.497 e. The topological polar surface area (TPSA) is 57.6 Å². The van der Waals surface area contributed by atoms with Gasteiger partial charge in [0.2, 0.25) is 0 Å². The molecule has 0 bridgehead atoms. The summed E-state index contributed by atoms with van der Waals surface area (Å²) in [5.74, 6) is 2.61. The van der Waals surface area contributed by atoms with Crippen LogP contribution in [0, 0.1) is 0 Å². The quantitative estimate of drug-likeness (QED) is 0.858. The number of hydrogen-bond acceptors (Lipinski definition) is 4. The zero-order valence-corrected chi connectivity index (χ0v) is 8.97. The number of ether oxygens (including phenoxy) is 2. The van der Waals surface area contributed by atoms with Crippen LogP contribution in [0.15, 0.2) is 40.8 Å². The molecule has 2 N–H and O–H groups in total. The van der Waals surface area contributed by atoms with Crippen LogP contribution < -0.4 is 15.2 Å². The molecule has 0 aliphatic carbocycles. The highest BCUT2D eigenvalue weighted by molar-refractivity contribution is 5.33. The lowest BCUT2D eigenvalue weighted by Gasteiger charge is -2.03. The first-order valence-corrected chi connectivity index (χ1v) is 4.92. The van der Waals surface area contributed by atoms with Gasteiger partial charge in [-0.2, -0.15) is 0 Å². The maximum absolute atomic E-state index is 5.48. The number of rotatable bonds is 4. The molecule has 0 radical (unpaired) electrons. The van der Waals surface area contributed by atoms with Gasteiger partial charge in [0.25, 0.3) is 5.95 Å². The molecule has 0 spiro atoms. The van der Waals surface area contributed by atoms with Crippen molar-refractivity contribution < 1.29 is 13.9 Å². The van der Waals surface area contributed by atoms with Crippen molar-refractivity contribution in [2.45, 2.75) is 6.54 Å². The molecule has 0 unspecified atom stereocenters. The molecule has 2 rings (SSSR count).